The fraction of sp³-hybridized carbons (Fsp3) is 0. The summed E-state index contributed by atoms with van der Waals surface area (Å²) >= 11 is 1.34. The smallest absolute Gasteiger partial charge is 0.275 e. The summed E-state index contributed by atoms with van der Waals surface area (Å²) in [5, 5.41) is 4.21. The Balaban J connectivity index is 2.16. The van der Waals surface area contributed by atoms with Crippen LogP contribution in [-0.4, -0.2) is 15.9 Å². The second kappa shape index (κ2) is 4.05. The summed E-state index contributed by atoms with van der Waals surface area (Å²) in [7, 11) is 0. The van der Waals surface area contributed by atoms with E-state index in [0.29, 0.717) is 11.4 Å². The number of hydrogen-bond donors (Lipinski definition) is 2. The van der Waals surface area contributed by atoms with Crippen LogP contribution in [0.1, 0.15) is 10.5 Å². The lowest BCUT2D eigenvalue weighted by Gasteiger charge is -2.00. The first-order valence-corrected chi connectivity index (χ1v) is 5.08. The minimum atomic E-state index is -0.318. The minimum Gasteiger partial charge on any atom is -0.329 e. The lowest BCUT2D eigenvalue weighted by Crippen LogP contribution is -2.14. The normalized spacial score (nSPS) is 9.87. The number of anilines is 1. The first-order chi connectivity index (χ1) is 7.25. The molecule has 0 spiro atoms. The average molecular weight is 221 g/mol. The number of aromatic nitrogens is 2. The van der Waals surface area contributed by atoms with Crippen LogP contribution < -0.4 is 10.9 Å². The zero-order chi connectivity index (χ0) is 10.7. The summed E-state index contributed by atoms with van der Waals surface area (Å²) in [4.78, 5) is 28.8. The predicted octanol–water partition coefficient (Wildman–Crippen LogP) is 1.08. The molecule has 2 aromatic heterocycles. The van der Waals surface area contributed by atoms with Gasteiger partial charge in [-0.15, -0.1) is 11.3 Å². The molecule has 0 aliphatic carbocycles. The molecule has 0 aliphatic rings. The molecular formula is C9H7N3O2S. The molecule has 0 aliphatic heterocycles. The molecule has 76 valence electrons. The van der Waals surface area contributed by atoms with Gasteiger partial charge in [0.05, 0.1) is 5.51 Å². The Morgan fingerprint density at radius 2 is 2.40 bits per heavy atom. The number of pyridine rings is 1. The number of H-pyrrole nitrogens is 1. The molecule has 0 saturated heterocycles. The number of carbonyl (C=O) groups excluding carboxylic acids is 1. The summed E-state index contributed by atoms with van der Waals surface area (Å²) in [6.45, 7) is 0. The second-order valence-electron chi connectivity index (χ2n) is 2.77. The molecule has 2 heterocycles. The van der Waals surface area contributed by atoms with Crippen LogP contribution in [0.2, 0.25) is 0 Å². The number of carbonyl (C=O) groups is 1. The number of amides is 1. The van der Waals surface area contributed by atoms with Gasteiger partial charge in [-0.2, -0.15) is 0 Å². The molecule has 15 heavy (non-hydrogen) atoms. The zero-order valence-electron chi connectivity index (χ0n) is 7.56. The third-order valence-electron chi connectivity index (χ3n) is 1.70. The van der Waals surface area contributed by atoms with Crippen molar-refractivity contribution in [1.82, 2.24) is 9.97 Å². The summed E-state index contributed by atoms with van der Waals surface area (Å²) in [6, 6.07) is 2.91. The van der Waals surface area contributed by atoms with Crippen molar-refractivity contribution in [2.24, 2.45) is 0 Å². The highest BCUT2D eigenvalue weighted by Crippen LogP contribution is 2.06. The van der Waals surface area contributed by atoms with Crippen molar-refractivity contribution in [1.29, 1.82) is 0 Å². The topological polar surface area (TPSA) is 74.8 Å². The van der Waals surface area contributed by atoms with Crippen molar-refractivity contribution in [3.05, 3.63) is 45.3 Å². The number of aromatic amines is 1. The number of hydrogen-bond acceptors (Lipinski definition) is 4. The quantitative estimate of drug-likeness (QED) is 0.796. The third-order valence-corrected chi connectivity index (χ3v) is 2.28. The van der Waals surface area contributed by atoms with E-state index >= 15 is 0 Å². The Morgan fingerprint density at radius 1 is 1.53 bits per heavy atom. The van der Waals surface area contributed by atoms with Gasteiger partial charge in [-0.05, 0) is 6.07 Å². The van der Waals surface area contributed by atoms with Crippen LogP contribution in [0.15, 0.2) is 34.0 Å². The van der Waals surface area contributed by atoms with Gasteiger partial charge in [-0.25, -0.2) is 4.98 Å². The van der Waals surface area contributed by atoms with Crippen LogP contribution >= 0.6 is 11.3 Å². The summed E-state index contributed by atoms with van der Waals surface area (Å²) < 4.78 is 0. The van der Waals surface area contributed by atoms with Crippen LogP contribution in [-0.2, 0) is 0 Å². The van der Waals surface area contributed by atoms with Gasteiger partial charge in [0.25, 0.3) is 5.91 Å². The standard InChI is InChI=1S/C9H7N3O2S/c13-8-3-6(1-2-10-8)12-9(14)7-4-15-5-11-7/h1-5H,(H2,10,12,13,14). The molecule has 5 nitrogen and oxygen atoms in total. The summed E-state index contributed by atoms with van der Waals surface area (Å²) in [5.41, 5.74) is 2.12. The number of rotatable bonds is 2. The fourth-order valence-electron chi connectivity index (χ4n) is 1.04. The molecule has 0 aromatic carbocycles. The molecule has 0 unspecified atom stereocenters. The molecule has 0 saturated carbocycles. The maximum absolute atomic E-state index is 11.5. The van der Waals surface area contributed by atoms with Gasteiger partial charge in [-0.3, -0.25) is 9.59 Å². The van der Waals surface area contributed by atoms with E-state index in [-0.39, 0.29) is 11.5 Å². The highest BCUT2D eigenvalue weighted by Gasteiger charge is 2.07. The van der Waals surface area contributed by atoms with Gasteiger partial charge in [0.2, 0.25) is 5.56 Å². The van der Waals surface area contributed by atoms with Gasteiger partial charge in [0.1, 0.15) is 5.69 Å². The van der Waals surface area contributed by atoms with Gasteiger partial charge < -0.3 is 10.3 Å². The first kappa shape index (κ1) is 9.60. The fourth-order valence-corrected chi connectivity index (χ4v) is 1.57. The van der Waals surface area contributed by atoms with E-state index in [1.807, 2.05) is 0 Å². The van der Waals surface area contributed by atoms with E-state index in [1.54, 1.807) is 17.0 Å². The van der Waals surface area contributed by atoms with Crippen molar-refractivity contribution < 1.29 is 4.79 Å². The highest BCUT2D eigenvalue weighted by atomic mass is 32.1. The van der Waals surface area contributed by atoms with Crippen LogP contribution in [0.3, 0.4) is 0 Å². The van der Waals surface area contributed by atoms with E-state index in [0.717, 1.165) is 0 Å². The Morgan fingerprint density at radius 3 is 3.07 bits per heavy atom. The van der Waals surface area contributed by atoms with E-state index in [2.05, 4.69) is 15.3 Å². The summed E-state index contributed by atoms with van der Waals surface area (Å²) in [6.07, 6.45) is 1.47. The highest BCUT2D eigenvalue weighted by molar-refractivity contribution is 7.07. The Labute approximate surface area is 88.8 Å². The van der Waals surface area contributed by atoms with Crippen LogP contribution in [0.25, 0.3) is 0 Å². The molecule has 0 radical (unpaired) electrons. The van der Waals surface area contributed by atoms with Crippen LogP contribution in [0, 0.1) is 0 Å². The van der Waals surface area contributed by atoms with E-state index in [4.69, 9.17) is 0 Å². The Hall–Kier alpha value is -1.95. The molecule has 0 fully saturated rings. The lowest BCUT2D eigenvalue weighted by molar-refractivity contribution is 0.102. The number of nitrogens with zero attached hydrogens (tertiary/aromatic N) is 1. The van der Waals surface area contributed by atoms with Crippen molar-refractivity contribution in [2.45, 2.75) is 0 Å². The number of nitrogens with one attached hydrogen (secondary N) is 2. The van der Waals surface area contributed by atoms with Crippen LogP contribution in [0.4, 0.5) is 5.69 Å². The van der Waals surface area contributed by atoms with Crippen molar-refractivity contribution in [2.75, 3.05) is 5.32 Å². The average Bonchev–Trinajstić information content (AvgIpc) is 2.70. The molecule has 6 heteroatoms. The molecule has 0 bridgehead atoms. The van der Waals surface area contributed by atoms with E-state index in [1.165, 1.54) is 23.6 Å². The third kappa shape index (κ3) is 2.29. The predicted molar refractivity (Wildman–Crippen MR) is 57.1 cm³/mol. The Bertz CT molecular complexity index is 518. The van der Waals surface area contributed by atoms with Crippen molar-refractivity contribution >= 4 is 22.9 Å². The summed E-state index contributed by atoms with van der Waals surface area (Å²) in [5.74, 6) is -0.318. The molecule has 2 rings (SSSR count). The molecule has 2 aromatic rings. The maximum atomic E-state index is 11.5. The Kier molecular flexibility index (Phi) is 2.59. The number of thiazole rings is 1. The van der Waals surface area contributed by atoms with E-state index < -0.39 is 0 Å². The SMILES string of the molecule is O=C(Nc1cc[nH]c(=O)c1)c1cscn1. The zero-order valence-corrected chi connectivity index (χ0v) is 8.38. The van der Waals surface area contributed by atoms with E-state index in [9.17, 15) is 9.59 Å². The molecule has 1 amide bonds. The maximum Gasteiger partial charge on any atom is 0.275 e. The van der Waals surface area contributed by atoms with Crippen molar-refractivity contribution in [3.63, 3.8) is 0 Å². The monoisotopic (exact) mass is 221 g/mol. The van der Waals surface area contributed by atoms with Gasteiger partial charge in [-0.1, -0.05) is 0 Å². The lowest BCUT2D eigenvalue weighted by atomic mass is 10.3. The van der Waals surface area contributed by atoms with Crippen molar-refractivity contribution in [3.8, 4) is 0 Å². The molecule has 2 N–H and O–H groups in total. The molecule has 0 atom stereocenters. The minimum absolute atomic E-state index is 0.258. The first-order valence-electron chi connectivity index (χ1n) is 4.14. The van der Waals surface area contributed by atoms with Crippen LogP contribution in [0.5, 0.6) is 0 Å². The van der Waals surface area contributed by atoms with Gasteiger partial charge in [0, 0.05) is 23.3 Å². The second-order valence-corrected chi connectivity index (χ2v) is 3.49. The van der Waals surface area contributed by atoms with Gasteiger partial charge in [0.15, 0.2) is 0 Å². The molecular weight excluding hydrogens is 214 g/mol. The largest absolute Gasteiger partial charge is 0.329 e. The van der Waals surface area contributed by atoms with Gasteiger partial charge >= 0.3 is 0 Å².